The first kappa shape index (κ1) is 35.3. The quantitative estimate of drug-likeness (QED) is 0.0947. The molecule has 0 bridgehead atoms. The molecule has 0 spiro atoms. The van der Waals surface area contributed by atoms with Crippen molar-refractivity contribution in [1.29, 1.82) is 0 Å². The van der Waals surface area contributed by atoms with E-state index >= 15 is 0 Å². The van der Waals surface area contributed by atoms with Crippen LogP contribution >= 0.6 is 0 Å². The zero-order valence-corrected chi connectivity index (χ0v) is 25.3. The molecule has 0 aromatic heterocycles. The number of phenolic OH excluding ortho intramolecular Hbond substituents is 3. The lowest BCUT2D eigenvalue weighted by Gasteiger charge is -2.25. The summed E-state index contributed by atoms with van der Waals surface area (Å²) in [5.41, 5.74) is 13.5. The molecule has 11 N–H and O–H groups in total. The summed E-state index contributed by atoms with van der Waals surface area (Å²) in [5.74, 6) is -3.29. The fourth-order valence-corrected chi connectivity index (χ4v) is 4.71. The van der Waals surface area contributed by atoms with Crippen molar-refractivity contribution in [2.24, 2.45) is 11.5 Å². The van der Waals surface area contributed by atoms with E-state index in [0.29, 0.717) is 36.1 Å². The molecule has 0 saturated heterocycles. The number of carboxylic acids is 1. The first-order valence-corrected chi connectivity index (χ1v) is 14.9. The Bertz CT molecular complexity index is 1450. The van der Waals surface area contributed by atoms with Gasteiger partial charge in [-0.3, -0.25) is 14.4 Å². The fourth-order valence-electron chi connectivity index (χ4n) is 4.71. The maximum atomic E-state index is 13.8. The topological polar surface area (TPSA) is 237 Å². The SMILES string of the molecule is NCCCCC(NC(=O)C(Cc1ccc(O)cc1)NC(=O)C(Cc1ccc(O)cc1)NC(=O)C(N)Cc1ccc(O)cc1)C(=O)O. The van der Waals surface area contributed by atoms with E-state index in [2.05, 4.69) is 16.0 Å². The van der Waals surface area contributed by atoms with E-state index in [9.17, 15) is 39.6 Å². The zero-order valence-electron chi connectivity index (χ0n) is 25.3. The summed E-state index contributed by atoms with van der Waals surface area (Å²) in [5, 5.41) is 46.5. The zero-order chi connectivity index (χ0) is 33.6. The number of carbonyl (C=O) groups excluding carboxylic acids is 3. The van der Waals surface area contributed by atoms with Crippen LogP contribution in [-0.4, -0.2) is 74.8 Å². The second kappa shape index (κ2) is 17.4. The molecule has 46 heavy (non-hydrogen) atoms. The summed E-state index contributed by atoms with van der Waals surface area (Å²) >= 11 is 0. The van der Waals surface area contributed by atoms with Crippen molar-refractivity contribution >= 4 is 23.7 Å². The number of nitrogens with one attached hydrogen (secondary N) is 3. The normalized spacial score (nSPS) is 13.5. The third kappa shape index (κ3) is 11.4. The van der Waals surface area contributed by atoms with Crippen molar-refractivity contribution in [3.63, 3.8) is 0 Å². The average Bonchev–Trinajstić information content (AvgIpc) is 3.02. The number of aliphatic carboxylic acids is 1. The summed E-state index contributed by atoms with van der Waals surface area (Å²) in [4.78, 5) is 52.3. The number of carbonyl (C=O) groups is 4. The standard InChI is InChI=1S/C33H41N5O8/c34-16-2-1-3-27(33(45)46)36-31(43)29(19-22-8-14-25(41)15-9-22)38-32(44)28(18-21-6-12-24(40)13-7-21)37-30(42)26(35)17-20-4-10-23(39)11-5-20/h4-15,26-29,39-41H,1-3,16-19,34-35H2,(H,36,43)(H,37,42)(H,38,44)(H,45,46). The van der Waals surface area contributed by atoms with E-state index in [1.807, 2.05) is 0 Å². The first-order valence-electron chi connectivity index (χ1n) is 14.9. The van der Waals surface area contributed by atoms with E-state index < -0.39 is 47.9 Å². The van der Waals surface area contributed by atoms with Gasteiger partial charge in [0.15, 0.2) is 0 Å². The molecule has 0 aliphatic carbocycles. The smallest absolute Gasteiger partial charge is 0.326 e. The maximum absolute atomic E-state index is 13.8. The third-order valence-corrected chi connectivity index (χ3v) is 7.31. The van der Waals surface area contributed by atoms with E-state index in [1.165, 1.54) is 36.4 Å². The van der Waals surface area contributed by atoms with Crippen LogP contribution in [0.15, 0.2) is 72.8 Å². The van der Waals surface area contributed by atoms with Crippen LogP contribution in [0.5, 0.6) is 17.2 Å². The van der Waals surface area contributed by atoms with Crippen molar-refractivity contribution in [1.82, 2.24) is 16.0 Å². The van der Waals surface area contributed by atoms with Crippen LogP contribution in [-0.2, 0) is 38.4 Å². The van der Waals surface area contributed by atoms with Gasteiger partial charge in [0.2, 0.25) is 17.7 Å². The number of hydrogen-bond donors (Lipinski definition) is 9. The second-order valence-corrected chi connectivity index (χ2v) is 11.0. The minimum absolute atomic E-state index is 0.0000472. The van der Waals surface area contributed by atoms with Gasteiger partial charge in [0, 0.05) is 12.8 Å². The molecular weight excluding hydrogens is 594 g/mol. The third-order valence-electron chi connectivity index (χ3n) is 7.31. The molecule has 3 amide bonds. The summed E-state index contributed by atoms with van der Waals surface area (Å²) < 4.78 is 0. The number of unbranched alkanes of at least 4 members (excludes halogenated alkanes) is 1. The van der Waals surface area contributed by atoms with Crippen LogP contribution in [0.2, 0.25) is 0 Å². The summed E-state index contributed by atoms with van der Waals surface area (Å²) in [7, 11) is 0. The van der Waals surface area contributed by atoms with Gasteiger partial charge in [-0.05, 0) is 85.3 Å². The van der Waals surface area contributed by atoms with E-state index in [4.69, 9.17) is 11.5 Å². The largest absolute Gasteiger partial charge is 0.508 e. The molecule has 0 aliphatic heterocycles. The summed E-state index contributed by atoms with van der Waals surface area (Å²) in [6.07, 6.45) is 1.22. The Morgan fingerprint density at radius 2 is 0.935 bits per heavy atom. The number of hydrogen-bond acceptors (Lipinski definition) is 9. The van der Waals surface area contributed by atoms with Crippen molar-refractivity contribution in [3.8, 4) is 17.2 Å². The Morgan fingerprint density at radius 3 is 1.33 bits per heavy atom. The first-order chi connectivity index (χ1) is 21.9. The molecule has 0 heterocycles. The van der Waals surface area contributed by atoms with Crippen LogP contribution in [0.4, 0.5) is 0 Å². The summed E-state index contributed by atoms with van der Waals surface area (Å²) in [6, 6.07) is 13.4. The van der Waals surface area contributed by atoms with Gasteiger partial charge in [0.05, 0.1) is 6.04 Å². The molecule has 0 fully saturated rings. The lowest BCUT2D eigenvalue weighted by molar-refractivity contribution is -0.142. The van der Waals surface area contributed by atoms with Gasteiger partial charge >= 0.3 is 5.97 Å². The molecule has 0 radical (unpaired) electrons. The van der Waals surface area contributed by atoms with Gasteiger partial charge in [-0.15, -0.1) is 0 Å². The van der Waals surface area contributed by atoms with Crippen LogP contribution in [0.3, 0.4) is 0 Å². The van der Waals surface area contributed by atoms with E-state index in [1.54, 1.807) is 36.4 Å². The molecule has 0 saturated carbocycles. The Kier molecular flexibility index (Phi) is 13.3. The molecule has 0 aliphatic rings. The molecule has 13 nitrogen and oxygen atoms in total. The second-order valence-electron chi connectivity index (χ2n) is 11.0. The molecule has 246 valence electrons. The molecule has 3 aromatic carbocycles. The predicted octanol–water partition coefficient (Wildman–Crippen LogP) is 0.827. The van der Waals surface area contributed by atoms with Crippen molar-refractivity contribution < 1.29 is 39.6 Å². The van der Waals surface area contributed by atoms with Crippen LogP contribution in [0.1, 0.15) is 36.0 Å². The minimum atomic E-state index is -1.25. The van der Waals surface area contributed by atoms with Gasteiger partial charge < -0.3 is 47.8 Å². The average molecular weight is 636 g/mol. The molecular formula is C33H41N5O8. The molecule has 13 heteroatoms. The van der Waals surface area contributed by atoms with Gasteiger partial charge in [-0.1, -0.05) is 36.4 Å². The van der Waals surface area contributed by atoms with E-state index in [-0.39, 0.29) is 42.9 Å². The fraction of sp³-hybridized carbons (Fsp3) is 0.333. The Balaban J connectivity index is 1.84. The monoisotopic (exact) mass is 635 g/mol. The summed E-state index contributed by atoms with van der Waals surface area (Å²) in [6.45, 7) is 0.368. The number of phenols is 3. The van der Waals surface area contributed by atoms with Gasteiger partial charge in [-0.2, -0.15) is 0 Å². The maximum Gasteiger partial charge on any atom is 0.326 e. The van der Waals surface area contributed by atoms with Crippen molar-refractivity contribution in [2.75, 3.05) is 6.54 Å². The predicted molar refractivity (Wildman–Crippen MR) is 170 cm³/mol. The van der Waals surface area contributed by atoms with Gasteiger partial charge in [-0.25, -0.2) is 4.79 Å². The number of rotatable bonds is 17. The highest BCUT2D eigenvalue weighted by molar-refractivity contribution is 5.94. The van der Waals surface area contributed by atoms with Crippen LogP contribution < -0.4 is 27.4 Å². The van der Waals surface area contributed by atoms with Gasteiger partial charge in [0.1, 0.15) is 35.4 Å². The van der Waals surface area contributed by atoms with Gasteiger partial charge in [0.25, 0.3) is 0 Å². The van der Waals surface area contributed by atoms with Crippen molar-refractivity contribution in [3.05, 3.63) is 89.5 Å². The Hall–Kier alpha value is -5.14. The molecule has 3 rings (SSSR count). The molecule has 4 atom stereocenters. The highest BCUT2D eigenvalue weighted by Gasteiger charge is 2.31. The number of benzene rings is 3. The van der Waals surface area contributed by atoms with E-state index in [0.717, 1.165) is 0 Å². The number of carboxylic acid groups (broad SMARTS) is 1. The minimum Gasteiger partial charge on any atom is -0.508 e. The lowest BCUT2D eigenvalue weighted by Crippen LogP contribution is -2.58. The Labute approximate surface area is 266 Å². The number of nitrogens with two attached hydrogens (primary N) is 2. The molecule has 3 aromatic rings. The highest BCUT2D eigenvalue weighted by Crippen LogP contribution is 2.15. The Morgan fingerprint density at radius 1 is 0.565 bits per heavy atom. The molecule has 4 unspecified atom stereocenters. The highest BCUT2D eigenvalue weighted by atomic mass is 16.4. The number of amides is 3. The number of aromatic hydroxyl groups is 3. The van der Waals surface area contributed by atoms with Crippen molar-refractivity contribution in [2.45, 2.75) is 62.7 Å². The van der Waals surface area contributed by atoms with Crippen LogP contribution in [0.25, 0.3) is 0 Å². The van der Waals surface area contributed by atoms with Crippen LogP contribution in [0, 0.1) is 0 Å². The lowest BCUT2D eigenvalue weighted by atomic mass is 10.0.